The molecule has 1 fully saturated rings. The summed E-state index contributed by atoms with van der Waals surface area (Å²) in [6, 6.07) is 9.24. The summed E-state index contributed by atoms with van der Waals surface area (Å²) < 4.78 is 29.2. The van der Waals surface area contributed by atoms with Crippen LogP contribution in [0.1, 0.15) is 57.4 Å². The zero-order valence-corrected chi connectivity index (χ0v) is 18.8. The van der Waals surface area contributed by atoms with Gasteiger partial charge in [-0.05, 0) is 37.8 Å². The first kappa shape index (κ1) is 23.6. The van der Waals surface area contributed by atoms with E-state index in [0.29, 0.717) is 12.3 Å². The number of nitrogens with zero attached hydrogens (tertiary/aromatic N) is 2. The summed E-state index contributed by atoms with van der Waals surface area (Å²) in [5.74, 6) is -0.371. The molecule has 9 heteroatoms. The van der Waals surface area contributed by atoms with Gasteiger partial charge in [0.1, 0.15) is 0 Å². The third kappa shape index (κ3) is 6.13. The summed E-state index contributed by atoms with van der Waals surface area (Å²) in [6.45, 7) is 4.54. The molecule has 29 heavy (non-hydrogen) atoms. The molecular formula is C20H29N3O4S2. The fourth-order valence-electron chi connectivity index (χ4n) is 3.73. The van der Waals surface area contributed by atoms with E-state index in [-0.39, 0.29) is 18.9 Å². The van der Waals surface area contributed by atoms with Crippen LogP contribution in [0.5, 0.6) is 0 Å². The minimum Gasteiger partial charge on any atom is -0.271 e. The molecule has 2 rings (SSSR count). The molecular weight excluding hydrogens is 410 g/mol. The number of hydrogen-bond donors (Lipinski definition) is 1. The molecule has 3 atom stereocenters. The van der Waals surface area contributed by atoms with Gasteiger partial charge in [0.05, 0.1) is 0 Å². The Morgan fingerprint density at radius 2 is 2.00 bits per heavy atom. The van der Waals surface area contributed by atoms with Crippen LogP contribution in [0, 0.1) is 5.92 Å². The van der Waals surface area contributed by atoms with Crippen molar-refractivity contribution < 1.29 is 18.0 Å². The summed E-state index contributed by atoms with van der Waals surface area (Å²) in [6.07, 6.45) is 4.04. The monoisotopic (exact) mass is 439 g/mol. The van der Waals surface area contributed by atoms with Gasteiger partial charge in [0, 0.05) is 24.4 Å². The lowest BCUT2D eigenvalue weighted by molar-refractivity contribution is -0.130. The highest BCUT2D eigenvalue weighted by Crippen LogP contribution is 2.55. The molecule has 1 aromatic rings. The molecule has 0 bridgehead atoms. The quantitative estimate of drug-likeness (QED) is 0.554. The first-order valence-corrected chi connectivity index (χ1v) is 11.8. The molecule has 0 aromatic heterocycles. The van der Waals surface area contributed by atoms with Crippen LogP contribution in [-0.2, 0) is 15.3 Å². The first-order valence-electron chi connectivity index (χ1n) is 9.92. The maximum atomic E-state index is 13.4. The molecule has 3 unspecified atom stereocenters. The predicted octanol–water partition coefficient (Wildman–Crippen LogP) is 4.01. The molecule has 0 spiro atoms. The molecule has 0 saturated heterocycles. The Bertz CT molecular complexity index is 837. The summed E-state index contributed by atoms with van der Waals surface area (Å²) >= 11 is 0.817. The Hall–Kier alpha value is -1.71. The molecule has 1 N–H and O–H groups in total. The lowest BCUT2D eigenvalue weighted by atomic mass is 10.00. The number of imide groups is 1. The molecule has 160 valence electrons. The highest BCUT2D eigenvalue weighted by atomic mass is 32.2. The standard InChI is InChI=1S/C20H29N3O4S2/c1-4-9-15(2)10-8-13-23(19(25)28-21-3)18(24)20(22-29(26)27)14-17(20)16-11-6-5-7-12-16/h5-7,11-12,15,17,21H,4,8-10,13-14H2,1-3H3. The molecule has 1 aliphatic carbocycles. The minimum atomic E-state index is -2.74. The molecule has 1 aliphatic rings. The van der Waals surface area contributed by atoms with E-state index in [9.17, 15) is 18.0 Å². The lowest BCUT2D eigenvalue weighted by Crippen LogP contribution is -2.44. The number of nitrogens with one attached hydrogen (secondary N) is 1. The van der Waals surface area contributed by atoms with E-state index in [1.54, 1.807) is 7.05 Å². The zero-order chi connectivity index (χ0) is 21.4. The van der Waals surface area contributed by atoms with Crippen LogP contribution in [0.4, 0.5) is 4.79 Å². The van der Waals surface area contributed by atoms with E-state index in [2.05, 4.69) is 22.9 Å². The second-order valence-corrected chi connectivity index (χ2v) is 9.04. The van der Waals surface area contributed by atoms with Crippen molar-refractivity contribution >= 4 is 33.6 Å². The van der Waals surface area contributed by atoms with Crippen LogP contribution in [0.2, 0.25) is 0 Å². The van der Waals surface area contributed by atoms with Crippen molar-refractivity contribution in [2.24, 2.45) is 10.3 Å². The zero-order valence-electron chi connectivity index (χ0n) is 17.1. The molecule has 1 saturated carbocycles. The Morgan fingerprint density at radius 3 is 2.59 bits per heavy atom. The second kappa shape index (κ2) is 10.9. The van der Waals surface area contributed by atoms with Crippen molar-refractivity contribution in [1.29, 1.82) is 0 Å². The van der Waals surface area contributed by atoms with Gasteiger partial charge in [0.15, 0.2) is 5.54 Å². The smallest absolute Gasteiger partial charge is 0.271 e. The Morgan fingerprint density at radius 1 is 1.31 bits per heavy atom. The fourth-order valence-corrected chi connectivity index (χ4v) is 4.73. The predicted molar refractivity (Wildman–Crippen MR) is 115 cm³/mol. The fraction of sp³-hybridized carbons (Fsp3) is 0.600. The van der Waals surface area contributed by atoms with Crippen molar-refractivity contribution in [3.05, 3.63) is 35.9 Å². The van der Waals surface area contributed by atoms with E-state index in [0.717, 1.165) is 36.8 Å². The van der Waals surface area contributed by atoms with Crippen LogP contribution >= 0.6 is 11.9 Å². The Kier molecular flexibility index (Phi) is 8.85. The summed E-state index contributed by atoms with van der Waals surface area (Å²) in [5.41, 5.74) is -0.576. The van der Waals surface area contributed by atoms with Gasteiger partial charge in [-0.3, -0.25) is 19.2 Å². The van der Waals surface area contributed by atoms with E-state index < -0.39 is 27.2 Å². The number of amides is 2. The molecule has 0 radical (unpaired) electrons. The van der Waals surface area contributed by atoms with Gasteiger partial charge >= 0.3 is 15.7 Å². The van der Waals surface area contributed by atoms with Crippen LogP contribution in [0.3, 0.4) is 0 Å². The summed E-state index contributed by atoms with van der Waals surface area (Å²) in [7, 11) is -1.14. The van der Waals surface area contributed by atoms with Crippen molar-refractivity contribution in [2.45, 2.75) is 57.4 Å². The van der Waals surface area contributed by atoms with E-state index >= 15 is 0 Å². The highest BCUT2D eigenvalue weighted by molar-refractivity contribution is 8.11. The Labute approximate surface area is 178 Å². The molecule has 1 aromatic carbocycles. The molecule has 2 amide bonds. The van der Waals surface area contributed by atoms with Crippen molar-refractivity contribution in [3.63, 3.8) is 0 Å². The number of carbonyl (C=O) groups excluding carboxylic acids is 2. The average Bonchev–Trinajstić information content (AvgIpc) is 3.40. The maximum Gasteiger partial charge on any atom is 0.312 e. The van der Waals surface area contributed by atoms with Gasteiger partial charge < -0.3 is 0 Å². The SMILES string of the molecule is CCCC(C)CCCN(C(=O)SNC)C(=O)C1(N=S(=O)=O)CC1c1ccccc1. The third-order valence-electron chi connectivity index (χ3n) is 5.26. The number of benzene rings is 1. The molecule has 0 aliphatic heterocycles. The van der Waals surface area contributed by atoms with Gasteiger partial charge in [-0.25, -0.2) is 0 Å². The number of carbonyl (C=O) groups is 2. The number of hydrogen-bond acceptors (Lipinski definition) is 7. The normalized spacial score (nSPS) is 21.3. The maximum absolute atomic E-state index is 13.4. The van der Waals surface area contributed by atoms with E-state index in [4.69, 9.17) is 0 Å². The third-order valence-corrected chi connectivity index (χ3v) is 6.33. The van der Waals surface area contributed by atoms with E-state index in [1.165, 1.54) is 4.90 Å². The van der Waals surface area contributed by atoms with Crippen molar-refractivity contribution in [3.8, 4) is 0 Å². The molecule has 0 heterocycles. The van der Waals surface area contributed by atoms with Gasteiger partial charge in [-0.1, -0.05) is 57.0 Å². The largest absolute Gasteiger partial charge is 0.312 e. The highest BCUT2D eigenvalue weighted by Gasteiger charge is 2.64. The first-order chi connectivity index (χ1) is 13.9. The average molecular weight is 440 g/mol. The van der Waals surface area contributed by atoms with Gasteiger partial charge in [-0.15, -0.1) is 0 Å². The molecule has 7 nitrogen and oxygen atoms in total. The van der Waals surface area contributed by atoms with Crippen molar-refractivity contribution in [1.82, 2.24) is 9.62 Å². The van der Waals surface area contributed by atoms with Crippen LogP contribution in [-0.4, -0.2) is 43.6 Å². The van der Waals surface area contributed by atoms with Crippen LogP contribution in [0.25, 0.3) is 0 Å². The topological polar surface area (TPSA) is 95.9 Å². The summed E-state index contributed by atoms with van der Waals surface area (Å²) in [4.78, 5) is 27.1. The van der Waals surface area contributed by atoms with Gasteiger partial charge in [-0.2, -0.15) is 12.8 Å². The van der Waals surface area contributed by atoms with Crippen LogP contribution < -0.4 is 4.72 Å². The van der Waals surface area contributed by atoms with Crippen molar-refractivity contribution in [2.75, 3.05) is 13.6 Å². The minimum absolute atomic E-state index is 0.255. The Balaban J connectivity index is 2.24. The summed E-state index contributed by atoms with van der Waals surface area (Å²) in [5, 5.41) is -0.439. The number of rotatable bonds is 10. The van der Waals surface area contributed by atoms with Gasteiger partial charge in [0.25, 0.3) is 5.91 Å². The second-order valence-electron chi connectivity index (χ2n) is 7.47. The van der Waals surface area contributed by atoms with Gasteiger partial charge in [0.2, 0.25) is 0 Å². The van der Waals surface area contributed by atoms with E-state index in [1.807, 2.05) is 30.3 Å². The lowest BCUT2D eigenvalue weighted by Gasteiger charge is -2.24. The van der Waals surface area contributed by atoms with Crippen LogP contribution in [0.15, 0.2) is 34.7 Å².